The number of aliphatic hydroxyl groups is 1. The second-order valence-electron chi connectivity index (χ2n) is 9.77. The van der Waals surface area contributed by atoms with Crippen LogP contribution in [-0.4, -0.2) is 29.3 Å². The number of halogens is 2. The van der Waals surface area contributed by atoms with Crippen molar-refractivity contribution in [3.8, 4) is 0 Å². The van der Waals surface area contributed by atoms with Gasteiger partial charge in [-0.1, -0.05) is 60.7 Å². The van der Waals surface area contributed by atoms with E-state index < -0.39 is 35.9 Å². The van der Waals surface area contributed by atoms with Gasteiger partial charge in [-0.25, -0.2) is 13.6 Å². The van der Waals surface area contributed by atoms with Crippen LogP contribution >= 0.6 is 0 Å². The maximum atomic E-state index is 14.4. The monoisotopic (exact) mass is 528 g/mol. The van der Waals surface area contributed by atoms with Gasteiger partial charge in [0.25, 0.3) is 0 Å². The van der Waals surface area contributed by atoms with E-state index >= 15 is 0 Å². The summed E-state index contributed by atoms with van der Waals surface area (Å²) in [5.74, 6) is -1.21. The summed E-state index contributed by atoms with van der Waals surface area (Å²) >= 11 is 0. The molecule has 1 heterocycles. The third kappa shape index (κ3) is 5.42. The molecule has 5 rings (SSSR count). The number of benzene rings is 4. The molecule has 4 aromatic rings. The number of rotatable bonds is 7. The third-order valence-electron chi connectivity index (χ3n) is 7.24. The highest BCUT2D eigenvalue weighted by Gasteiger charge is 2.47. The van der Waals surface area contributed by atoms with Gasteiger partial charge in [0.2, 0.25) is 0 Å². The van der Waals surface area contributed by atoms with Crippen molar-refractivity contribution in [2.45, 2.75) is 37.5 Å². The van der Waals surface area contributed by atoms with Crippen molar-refractivity contribution in [1.29, 1.82) is 0 Å². The molecule has 2 amide bonds. The van der Waals surface area contributed by atoms with E-state index in [4.69, 9.17) is 11.5 Å². The van der Waals surface area contributed by atoms with E-state index in [-0.39, 0.29) is 11.4 Å². The van der Waals surface area contributed by atoms with E-state index in [0.29, 0.717) is 30.6 Å². The van der Waals surface area contributed by atoms with Gasteiger partial charge < -0.3 is 16.6 Å². The van der Waals surface area contributed by atoms with Crippen molar-refractivity contribution in [1.82, 2.24) is 0 Å². The first-order chi connectivity index (χ1) is 18.8. The fourth-order valence-electron chi connectivity index (χ4n) is 5.25. The molecule has 200 valence electrons. The van der Waals surface area contributed by atoms with Crippen molar-refractivity contribution in [3.05, 3.63) is 120 Å². The maximum absolute atomic E-state index is 14.4. The van der Waals surface area contributed by atoms with Crippen molar-refractivity contribution in [2.75, 3.05) is 21.3 Å². The van der Waals surface area contributed by atoms with Gasteiger partial charge in [0.05, 0.1) is 29.6 Å². The molecule has 8 heteroatoms. The van der Waals surface area contributed by atoms with Crippen molar-refractivity contribution < 1.29 is 18.7 Å². The average molecular weight is 529 g/mol. The summed E-state index contributed by atoms with van der Waals surface area (Å²) in [5, 5.41) is 12.0. The smallest absolute Gasteiger partial charge is 0.329 e. The number of nitrogen functional groups attached to an aromatic ring is 2. The number of anilines is 4. The lowest BCUT2D eigenvalue weighted by Gasteiger charge is -2.49. The lowest BCUT2D eigenvalue weighted by atomic mass is 9.87. The van der Waals surface area contributed by atoms with Crippen LogP contribution in [0.25, 0.3) is 0 Å². The minimum atomic E-state index is -1.02. The van der Waals surface area contributed by atoms with Gasteiger partial charge in [-0.2, -0.15) is 0 Å². The van der Waals surface area contributed by atoms with Crippen molar-refractivity contribution in [2.24, 2.45) is 0 Å². The van der Waals surface area contributed by atoms with E-state index in [1.807, 2.05) is 60.7 Å². The number of carbonyl (C=O) groups excluding carboxylic acids is 1. The van der Waals surface area contributed by atoms with Crippen LogP contribution in [0.3, 0.4) is 0 Å². The zero-order valence-corrected chi connectivity index (χ0v) is 21.3. The van der Waals surface area contributed by atoms with E-state index in [2.05, 4.69) is 0 Å². The zero-order chi connectivity index (χ0) is 27.5. The Morgan fingerprint density at radius 2 is 1.18 bits per heavy atom. The van der Waals surface area contributed by atoms with E-state index in [1.54, 1.807) is 0 Å². The molecule has 6 nitrogen and oxygen atoms in total. The van der Waals surface area contributed by atoms with Crippen LogP contribution in [0.4, 0.5) is 36.3 Å². The summed E-state index contributed by atoms with van der Waals surface area (Å²) in [6.45, 7) is 0. The maximum Gasteiger partial charge on any atom is 0.329 e. The molecule has 3 atom stereocenters. The van der Waals surface area contributed by atoms with Gasteiger partial charge >= 0.3 is 6.03 Å². The number of hydrogen-bond donors (Lipinski definition) is 3. The van der Waals surface area contributed by atoms with E-state index in [1.165, 1.54) is 46.2 Å². The first kappa shape index (κ1) is 26.2. The topological polar surface area (TPSA) is 95.8 Å². The summed E-state index contributed by atoms with van der Waals surface area (Å²) in [6.07, 6.45) is 0.375. The molecule has 4 aromatic carbocycles. The van der Waals surface area contributed by atoms with E-state index in [9.17, 15) is 18.7 Å². The molecule has 0 aliphatic carbocycles. The molecule has 1 aliphatic rings. The summed E-state index contributed by atoms with van der Waals surface area (Å²) in [6, 6.07) is 25.7. The highest BCUT2D eigenvalue weighted by molar-refractivity contribution is 6.06. The third-order valence-corrected chi connectivity index (χ3v) is 7.24. The fraction of sp³-hybridized carbons (Fsp3) is 0.194. The number of urea groups is 1. The van der Waals surface area contributed by atoms with Gasteiger partial charge in [-0.15, -0.1) is 0 Å². The molecular formula is C31H30F2N4O2. The molecule has 39 heavy (non-hydrogen) atoms. The molecule has 0 aromatic heterocycles. The summed E-state index contributed by atoms with van der Waals surface area (Å²) in [5.41, 5.74) is 14.2. The molecule has 5 N–H and O–H groups in total. The largest absolute Gasteiger partial charge is 0.396 e. The fourth-order valence-corrected chi connectivity index (χ4v) is 5.25. The van der Waals surface area contributed by atoms with Crippen molar-refractivity contribution >= 4 is 28.8 Å². The van der Waals surface area contributed by atoms with Crippen LogP contribution in [0, 0.1) is 11.6 Å². The Bertz CT molecular complexity index is 1450. The standard InChI is InChI=1S/C31H30F2N4O2/c32-24-14-12-22(18-26(24)34)36-28(16-11-20-7-3-1-4-8-20)30(38)29(17-21-9-5-2-6-10-21)37(31(36)39)23-13-15-25(33)27(35)19-23/h1-10,12-15,18-19,28-30,38H,11,16-17,34-35H2/t28-,29-,30-/m0/s1. The van der Waals surface area contributed by atoms with Crippen LogP contribution in [0.1, 0.15) is 17.5 Å². The molecule has 1 saturated heterocycles. The van der Waals surface area contributed by atoms with Gasteiger partial charge in [0.1, 0.15) is 11.6 Å². The highest BCUT2D eigenvalue weighted by Crippen LogP contribution is 2.37. The van der Waals surface area contributed by atoms with Crippen molar-refractivity contribution in [3.63, 3.8) is 0 Å². The minimum absolute atomic E-state index is 0.111. The minimum Gasteiger partial charge on any atom is -0.396 e. The number of nitrogens with zero attached hydrogens (tertiary/aromatic N) is 2. The Hall–Kier alpha value is -4.43. The highest BCUT2D eigenvalue weighted by atomic mass is 19.1. The Balaban J connectivity index is 1.61. The number of aliphatic hydroxyl groups excluding tert-OH is 1. The molecular weight excluding hydrogens is 498 g/mol. The van der Waals surface area contributed by atoms with Gasteiger partial charge in [0, 0.05) is 11.4 Å². The Kier molecular flexibility index (Phi) is 7.47. The molecule has 0 spiro atoms. The molecule has 1 fully saturated rings. The Morgan fingerprint density at radius 3 is 1.69 bits per heavy atom. The van der Waals surface area contributed by atoms with E-state index in [0.717, 1.165) is 11.1 Å². The van der Waals surface area contributed by atoms with Gasteiger partial charge in [-0.3, -0.25) is 9.80 Å². The zero-order valence-electron chi connectivity index (χ0n) is 21.3. The number of aryl methyl sites for hydroxylation is 1. The molecule has 0 bridgehead atoms. The van der Waals surface area contributed by atoms with Gasteiger partial charge in [0.15, 0.2) is 0 Å². The second-order valence-corrected chi connectivity index (χ2v) is 9.77. The van der Waals surface area contributed by atoms with Crippen LogP contribution < -0.4 is 21.3 Å². The number of amides is 2. The molecule has 0 unspecified atom stereocenters. The number of hydrogen-bond acceptors (Lipinski definition) is 4. The molecule has 1 aliphatic heterocycles. The number of carbonyl (C=O) groups is 1. The van der Waals surface area contributed by atoms with Crippen LogP contribution in [0.15, 0.2) is 97.1 Å². The van der Waals surface area contributed by atoms with Crippen LogP contribution in [0.5, 0.6) is 0 Å². The average Bonchev–Trinajstić information content (AvgIpc) is 2.94. The Morgan fingerprint density at radius 1 is 0.692 bits per heavy atom. The predicted molar refractivity (Wildman–Crippen MR) is 150 cm³/mol. The first-order valence-electron chi connectivity index (χ1n) is 12.8. The quantitative estimate of drug-likeness (QED) is 0.274. The SMILES string of the molecule is Nc1cc(N2C(=O)N(c3ccc(F)c(N)c3)[C@@H](Cc3ccccc3)[C@@H](O)[C@@H]2CCc2ccccc2)ccc1F. The predicted octanol–water partition coefficient (Wildman–Crippen LogP) is 5.55. The molecule has 0 radical (unpaired) electrons. The summed E-state index contributed by atoms with van der Waals surface area (Å²) < 4.78 is 28.2. The Labute approximate surface area is 226 Å². The van der Waals surface area contributed by atoms with Crippen LogP contribution in [0.2, 0.25) is 0 Å². The first-order valence-corrected chi connectivity index (χ1v) is 12.8. The summed E-state index contributed by atoms with van der Waals surface area (Å²) in [4.78, 5) is 17.3. The number of nitrogens with two attached hydrogens (primary N) is 2. The summed E-state index contributed by atoms with van der Waals surface area (Å²) in [7, 11) is 0. The second kappa shape index (κ2) is 11.1. The normalized spacial score (nSPS) is 19.4. The van der Waals surface area contributed by atoms with Gasteiger partial charge in [-0.05, 0) is 66.8 Å². The van der Waals surface area contributed by atoms with Crippen LogP contribution in [-0.2, 0) is 12.8 Å². The lowest BCUT2D eigenvalue weighted by molar-refractivity contribution is 0.0958. The molecule has 0 saturated carbocycles. The lowest BCUT2D eigenvalue weighted by Crippen LogP contribution is -2.67.